The second kappa shape index (κ2) is 7.87. The second-order valence-corrected chi connectivity index (χ2v) is 8.88. The normalized spacial score (nSPS) is 12.6. The summed E-state index contributed by atoms with van der Waals surface area (Å²) < 4.78 is 37.6. The molecule has 2 rings (SSSR count). The van der Waals surface area contributed by atoms with Crippen molar-refractivity contribution in [3.05, 3.63) is 65.0 Å². The van der Waals surface area contributed by atoms with Gasteiger partial charge in [-0.1, -0.05) is 12.1 Å². The van der Waals surface area contributed by atoms with Gasteiger partial charge in [0.15, 0.2) is 15.9 Å². The molecule has 0 radical (unpaired) electrons. The topological polar surface area (TPSA) is 101 Å². The number of aryl methyl sites for hydroxylation is 1. The molecule has 27 heavy (non-hydrogen) atoms. The van der Waals surface area contributed by atoms with Crippen molar-refractivity contribution in [1.29, 1.82) is 0 Å². The Morgan fingerprint density at radius 2 is 1.67 bits per heavy atom. The molecule has 6 nitrogen and oxygen atoms in total. The Morgan fingerprint density at radius 1 is 1.07 bits per heavy atom. The summed E-state index contributed by atoms with van der Waals surface area (Å²) in [5.41, 5.74) is 0.604. The number of halogens is 1. The summed E-state index contributed by atoms with van der Waals surface area (Å²) in [4.78, 5) is 24.0. The lowest BCUT2D eigenvalue weighted by molar-refractivity contribution is -0.139. The number of aliphatic carboxylic acids is 1. The summed E-state index contributed by atoms with van der Waals surface area (Å²) >= 11 is 0. The molecule has 0 aliphatic heterocycles. The van der Waals surface area contributed by atoms with E-state index in [2.05, 4.69) is 5.32 Å². The number of hydrogen-bond acceptors (Lipinski definition) is 4. The number of nitrogens with one attached hydrogen (secondary N) is 1. The van der Waals surface area contributed by atoms with Crippen molar-refractivity contribution < 1.29 is 27.5 Å². The number of carboxylic acid groups (broad SMARTS) is 1. The van der Waals surface area contributed by atoms with Gasteiger partial charge in [0.05, 0.1) is 10.1 Å². The predicted molar refractivity (Wildman–Crippen MR) is 97.7 cm³/mol. The van der Waals surface area contributed by atoms with Crippen molar-refractivity contribution in [2.45, 2.75) is 37.0 Å². The average Bonchev–Trinajstić information content (AvgIpc) is 2.61. The van der Waals surface area contributed by atoms with Gasteiger partial charge in [-0.15, -0.1) is 0 Å². The number of benzene rings is 2. The molecule has 1 unspecified atom stereocenters. The molecule has 0 aliphatic rings. The number of sulfone groups is 1. The Balaban J connectivity index is 2.26. The Morgan fingerprint density at radius 3 is 2.15 bits per heavy atom. The molecule has 0 aromatic heterocycles. The molecule has 2 aromatic rings. The van der Waals surface area contributed by atoms with Crippen LogP contribution in [-0.4, -0.2) is 30.7 Å². The first-order valence-electron chi connectivity index (χ1n) is 8.17. The largest absolute Gasteiger partial charge is 0.479 e. The molecule has 2 aromatic carbocycles. The molecule has 0 fully saturated rings. The van der Waals surface area contributed by atoms with Crippen LogP contribution in [0.25, 0.3) is 0 Å². The maximum atomic E-state index is 13.4. The zero-order chi connectivity index (χ0) is 20.4. The quantitative estimate of drug-likeness (QED) is 0.786. The van der Waals surface area contributed by atoms with E-state index >= 15 is 0 Å². The zero-order valence-corrected chi connectivity index (χ0v) is 15.9. The molecule has 0 saturated carbocycles. The van der Waals surface area contributed by atoms with Gasteiger partial charge in [-0.05, 0) is 62.2 Å². The molecule has 0 saturated heterocycles. The molecule has 0 heterocycles. The SMILES string of the molecule is Cc1cc(C(NC(=O)c2ccc(S(=O)(=O)C(C)C)cc2)C(=O)O)ccc1F. The first kappa shape index (κ1) is 20.6. The van der Waals surface area contributed by atoms with E-state index in [-0.39, 0.29) is 21.6 Å². The number of amides is 1. The molecule has 8 heteroatoms. The van der Waals surface area contributed by atoms with Crippen LogP contribution in [0.4, 0.5) is 4.39 Å². The summed E-state index contributed by atoms with van der Waals surface area (Å²) in [6, 6.07) is 7.67. The second-order valence-electron chi connectivity index (χ2n) is 6.37. The molecule has 2 N–H and O–H groups in total. The lowest BCUT2D eigenvalue weighted by Crippen LogP contribution is -2.33. The van der Waals surface area contributed by atoms with Crippen LogP contribution in [0.15, 0.2) is 47.4 Å². The molecule has 1 amide bonds. The van der Waals surface area contributed by atoms with Crippen LogP contribution < -0.4 is 5.32 Å². The number of carbonyl (C=O) groups is 2. The van der Waals surface area contributed by atoms with E-state index in [0.29, 0.717) is 0 Å². The van der Waals surface area contributed by atoms with Gasteiger partial charge < -0.3 is 10.4 Å². The molecule has 0 spiro atoms. The number of carboxylic acids is 1. The van der Waals surface area contributed by atoms with E-state index in [9.17, 15) is 27.5 Å². The van der Waals surface area contributed by atoms with Crippen LogP contribution >= 0.6 is 0 Å². The van der Waals surface area contributed by atoms with E-state index in [1.165, 1.54) is 43.3 Å². The van der Waals surface area contributed by atoms with Crippen LogP contribution in [0.1, 0.15) is 41.4 Å². The number of carbonyl (C=O) groups excluding carboxylic acids is 1. The number of rotatable bonds is 6. The highest BCUT2D eigenvalue weighted by atomic mass is 32.2. The molecular formula is C19H20FNO5S. The van der Waals surface area contributed by atoms with Gasteiger partial charge in [-0.25, -0.2) is 17.6 Å². The summed E-state index contributed by atoms with van der Waals surface area (Å²) in [7, 11) is -3.47. The smallest absolute Gasteiger partial charge is 0.330 e. The fourth-order valence-corrected chi connectivity index (χ4v) is 3.48. The fraction of sp³-hybridized carbons (Fsp3) is 0.263. The average molecular weight is 393 g/mol. The molecule has 0 aliphatic carbocycles. The van der Waals surface area contributed by atoms with Gasteiger partial charge in [0, 0.05) is 5.56 Å². The summed E-state index contributed by atoms with van der Waals surface area (Å²) in [6.45, 7) is 4.60. The maximum Gasteiger partial charge on any atom is 0.330 e. The summed E-state index contributed by atoms with van der Waals surface area (Å²) in [5, 5.41) is 11.2. The third-order valence-corrected chi connectivity index (χ3v) is 6.27. The van der Waals surface area contributed by atoms with Crippen LogP contribution in [0, 0.1) is 12.7 Å². The highest BCUT2D eigenvalue weighted by molar-refractivity contribution is 7.92. The lowest BCUT2D eigenvalue weighted by atomic mass is 10.0. The van der Waals surface area contributed by atoms with Crippen molar-refractivity contribution in [2.24, 2.45) is 0 Å². The van der Waals surface area contributed by atoms with Crippen LogP contribution in [0.3, 0.4) is 0 Å². The monoisotopic (exact) mass is 393 g/mol. The van der Waals surface area contributed by atoms with Crippen molar-refractivity contribution in [1.82, 2.24) is 5.32 Å². The van der Waals surface area contributed by atoms with Crippen molar-refractivity contribution in [3.63, 3.8) is 0 Å². The van der Waals surface area contributed by atoms with Gasteiger partial charge in [0.25, 0.3) is 5.91 Å². The Labute approximate surface area is 157 Å². The lowest BCUT2D eigenvalue weighted by Gasteiger charge is -2.16. The predicted octanol–water partition coefficient (Wildman–Crippen LogP) is 2.87. The van der Waals surface area contributed by atoms with Gasteiger partial charge >= 0.3 is 5.97 Å². The molecule has 1 atom stereocenters. The minimum Gasteiger partial charge on any atom is -0.479 e. The highest BCUT2D eigenvalue weighted by Gasteiger charge is 2.24. The zero-order valence-electron chi connectivity index (χ0n) is 15.1. The third kappa shape index (κ3) is 4.51. The fourth-order valence-electron chi connectivity index (χ4n) is 2.42. The minimum atomic E-state index is -3.47. The first-order valence-corrected chi connectivity index (χ1v) is 9.72. The van der Waals surface area contributed by atoms with Crippen LogP contribution in [0.2, 0.25) is 0 Å². The molecular weight excluding hydrogens is 373 g/mol. The first-order chi connectivity index (χ1) is 12.5. The third-order valence-electron chi connectivity index (χ3n) is 4.10. The van der Waals surface area contributed by atoms with E-state index in [0.717, 1.165) is 6.07 Å². The minimum absolute atomic E-state index is 0.0815. The van der Waals surface area contributed by atoms with Gasteiger partial charge in [-0.3, -0.25) is 4.79 Å². The number of hydrogen-bond donors (Lipinski definition) is 2. The van der Waals surface area contributed by atoms with Gasteiger partial charge in [0.2, 0.25) is 0 Å². The highest BCUT2D eigenvalue weighted by Crippen LogP contribution is 2.19. The van der Waals surface area contributed by atoms with Crippen LogP contribution in [-0.2, 0) is 14.6 Å². The van der Waals surface area contributed by atoms with Crippen molar-refractivity contribution in [3.8, 4) is 0 Å². The Hall–Kier alpha value is -2.74. The van der Waals surface area contributed by atoms with E-state index < -0.39 is 38.8 Å². The standard InChI is InChI=1S/C19H20FNO5S/c1-11(2)27(25,26)15-7-4-13(5-8-15)18(22)21-17(19(23)24)14-6-9-16(20)12(3)10-14/h4-11,17H,1-3H3,(H,21,22)(H,23,24). The molecule has 0 bridgehead atoms. The van der Waals surface area contributed by atoms with E-state index in [1.807, 2.05) is 0 Å². The van der Waals surface area contributed by atoms with Crippen LogP contribution in [0.5, 0.6) is 0 Å². The van der Waals surface area contributed by atoms with Crippen molar-refractivity contribution >= 4 is 21.7 Å². The van der Waals surface area contributed by atoms with Crippen molar-refractivity contribution in [2.75, 3.05) is 0 Å². The maximum absolute atomic E-state index is 13.4. The van der Waals surface area contributed by atoms with E-state index in [4.69, 9.17) is 0 Å². The van der Waals surface area contributed by atoms with Gasteiger partial charge in [-0.2, -0.15) is 0 Å². The van der Waals surface area contributed by atoms with E-state index in [1.54, 1.807) is 13.8 Å². The summed E-state index contributed by atoms with van der Waals surface area (Å²) in [6.07, 6.45) is 0. The van der Waals surface area contributed by atoms with Gasteiger partial charge in [0.1, 0.15) is 5.82 Å². The summed E-state index contributed by atoms with van der Waals surface area (Å²) in [5.74, 6) is -2.46. The molecule has 144 valence electrons. The Bertz CT molecular complexity index is 968. The Kier molecular flexibility index (Phi) is 6.00.